The summed E-state index contributed by atoms with van der Waals surface area (Å²) in [6, 6.07) is 4.54. The van der Waals surface area contributed by atoms with Crippen molar-refractivity contribution in [1.29, 1.82) is 0 Å². The summed E-state index contributed by atoms with van der Waals surface area (Å²) in [5.74, 6) is 0.288. The van der Waals surface area contributed by atoms with Crippen LogP contribution < -0.4 is 9.46 Å². The molecule has 1 N–H and O–H groups in total. The van der Waals surface area contributed by atoms with Crippen LogP contribution in [0.25, 0.3) is 0 Å². The number of halogens is 1. The quantitative estimate of drug-likeness (QED) is 0.704. The third-order valence-electron chi connectivity index (χ3n) is 3.25. The molecular weight excluding hydrogens is 312 g/mol. The van der Waals surface area contributed by atoms with Gasteiger partial charge in [-0.25, -0.2) is 13.1 Å². The van der Waals surface area contributed by atoms with Crippen molar-refractivity contribution < 1.29 is 13.2 Å². The summed E-state index contributed by atoms with van der Waals surface area (Å²) in [7, 11) is -2.18. The largest absolute Gasteiger partial charge is 0.495 e. The second kappa shape index (κ2) is 8.58. The first-order valence-electron chi connectivity index (χ1n) is 7.00. The summed E-state index contributed by atoms with van der Waals surface area (Å²) in [5, 5.41) is 0.360. The van der Waals surface area contributed by atoms with Gasteiger partial charge in [0, 0.05) is 11.6 Å². The zero-order chi connectivity index (χ0) is 15.9. The van der Waals surface area contributed by atoms with E-state index >= 15 is 0 Å². The summed E-state index contributed by atoms with van der Waals surface area (Å²) in [6.45, 7) is 7.35. The molecule has 0 atom stereocenters. The first-order chi connectivity index (χ1) is 9.94. The van der Waals surface area contributed by atoms with Gasteiger partial charge in [0.2, 0.25) is 10.0 Å². The number of hydrogen-bond donors (Lipinski definition) is 1. The lowest BCUT2D eigenvalue weighted by molar-refractivity contribution is 0.300. The lowest BCUT2D eigenvalue weighted by Crippen LogP contribution is -2.30. The van der Waals surface area contributed by atoms with Crippen LogP contribution in [0.5, 0.6) is 5.75 Å². The van der Waals surface area contributed by atoms with Gasteiger partial charge in [0.15, 0.2) is 0 Å². The van der Waals surface area contributed by atoms with Crippen LogP contribution in [0.1, 0.15) is 20.3 Å². The first-order valence-corrected chi connectivity index (χ1v) is 8.86. The number of methoxy groups -OCH3 is 1. The number of hydrogen-bond acceptors (Lipinski definition) is 4. The van der Waals surface area contributed by atoms with Crippen LogP contribution >= 0.6 is 11.6 Å². The molecule has 0 aromatic heterocycles. The lowest BCUT2D eigenvalue weighted by Gasteiger charge is -2.18. The number of ether oxygens (including phenoxy) is 1. The van der Waals surface area contributed by atoms with E-state index in [1.54, 1.807) is 12.1 Å². The molecule has 0 aliphatic heterocycles. The highest BCUT2D eigenvalue weighted by Crippen LogP contribution is 2.26. The number of nitrogens with zero attached hydrogens (tertiary/aromatic N) is 1. The van der Waals surface area contributed by atoms with Crippen LogP contribution in [-0.4, -0.2) is 46.6 Å². The third kappa shape index (κ3) is 5.47. The monoisotopic (exact) mass is 334 g/mol. The van der Waals surface area contributed by atoms with Crippen LogP contribution in [0.4, 0.5) is 0 Å². The summed E-state index contributed by atoms with van der Waals surface area (Å²) >= 11 is 5.87. The van der Waals surface area contributed by atoms with Gasteiger partial charge in [-0.1, -0.05) is 25.4 Å². The Morgan fingerprint density at radius 3 is 2.52 bits per heavy atom. The Kier molecular flexibility index (Phi) is 7.45. The van der Waals surface area contributed by atoms with Crippen molar-refractivity contribution in [2.75, 3.05) is 33.3 Å². The minimum absolute atomic E-state index is 0.0698. The topological polar surface area (TPSA) is 58.6 Å². The summed E-state index contributed by atoms with van der Waals surface area (Å²) < 4.78 is 32.2. The summed E-state index contributed by atoms with van der Waals surface area (Å²) in [4.78, 5) is 2.31. The molecule has 120 valence electrons. The van der Waals surface area contributed by atoms with Gasteiger partial charge in [-0.3, -0.25) is 0 Å². The average molecular weight is 335 g/mol. The highest BCUT2D eigenvalue weighted by atomic mass is 35.5. The minimum atomic E-state index is -3.61. The molecule has 1 aromatic rings. The van der Waals surface area contributed by atoms with E-state index in [1.807, 2.05) is 0 Å². The van der Waals surface area contributed by atoms with E-state index in [0.29, 0.717) is 11.6 Å². The Balaban J connectivity index is 2.68. The van der Waals surface area contributed by atoms with Crippen LogP contribution in [-0.2, 0) is 10.0 Å². The highest BCUT2D eigenvalue weighted by Gasteiger charge is 2.19. The standard InChI is InChI=1S/C14H23ClN2O3S/c1-4-17(5-2)10-6-9-16-21(18,19)14-11-12(15)7-8-13(14)20-3/h7-8,11,16H,4-6,9-10H2,1-3H3. The number of nitrogens with one attached hydrogen (secondary N) is 1. The molecule has 0 heterocycles. The Hall–Kier alpha value is -0.820. The van der Waals surface area contributed by atoms with Crippen molar-refractivity contribution in [3.8, 4) is 5.75 Å². The molecule has 1 rings (SSSR count). The maximum atomic E-state index is 12.3. The maximum Gasteiger partial charge on any atom is 0.244 e. The van der Waals surface area contributed by atoms with Gasteiger partial charge < -0.3 is 9.64 Å². The summed E-state index contributed by atoms with van der Waals surface area (Å²) in [5.41, 5.74) is 0. The predicted molar refractivity (Wildman–Crippen MR) is 85.6 cm³/mol. The van der Waals surface area contributed by atoms with Crippen LogP contribution in [0.3, 0.4) is 0 Å². The van der Waals surface area contributed by atoms with Gasteiger partial charge in [-0.2, -0.15) is 0 Å². The fourth-order valence-electron chi connectivity index (χ4n) is 1.99. The van der Waals surface area contributed by atoms with Crippen molar-refractivity contribution >= 4 is 21.6 Å². The SMILES string of the molecule is CCN(CC)CCCNS(=O)(=O)c1cc(Cl)ccc1OC. The minimum Gasteiger partial charge on any atom is -0.495 e. The first kappa shape index (κ1) is 18.2. The zero-order valence-corrected chi connectivity index (χ0v) is 14.3. The summed E-state index contributed by atoms with van der Waals surface area (Å²) in [6.07, 6.45) is 0.754. The zero-order valence-electron chi connectivity index (χ0n) is 12.7. The number of benzene rings is 1. The molecule has 0 aliphatic carbocycles. The molecule has 0 radical (unpaired) electrons. The molecule has 0 amide bonds. The Labute approximate surface area is 132 Å². The van der Waals surface area contributed by atoms with Crippen molar-refractivity contribution in [2.45, 2.75) is 25.2 Å². The van der Waals surface area contributed by atoms with Crippen LogP contribution in [0.2, 0.25) is 5.02 Å². The maximum absolute atomic E-state index is 12.3. The van der Waals surface area contributed by atoms with E-state index in [9.17, 15) is 8.42 Å². The molecule has 0 aliphatic rings. The van der Waals surface area contributed by atoms with E-state index in [0.717, 1.165) is 26.1 Å². The molecule has 0 saturated heterocycles. The molecule has 0 bridgehead atoms. The van der Waals surface area contributed by atoms with Crippen molar-refractivity contribution in [3.05, 3.63) is 23.2 Å². The van der Waals surface area contributed by atoms with Gasteiger partial charge in [0.1, 0.15) is 10.6 Å². The number of sulfonamides is 1. The van der Waals surface area contributed by atoms with Crippen molar-refractivity contribution in [1.82, 2.24) is 9.62 Å². The fraction of sp³-hybridized carbons (Fsp3) is 0.571. The number of rotatable bonds is 9. The van der Waals surface area contributed by atoms with Gasteiger partial charge in [0.05, 0.1) is 7.11 Å². The predicted octanol–water partition coefficient (Wildman–Crippen LogP) is 2.36. The van der Waals surface area contributed by atoms with Gasteiger partial charge in [-0.15, -0.1) is 0 Å². The second-order valence-corrected chi connectivity index (χ2v) is 6.75. The van der Waals surface area contributed by atoms with Crippen molar-refractivity contribution in [3.63, 3.8) is 0 Å². The average Bonchev–Trinajstić information content (AvgIpc) is 2.47. The molecule has 21 heavy (non-hydrogen) atoms. The molecule has 1 aromatic carbocycles. The Morgan fingerprint density at radius 2 is 1.95 bits per heavy atom. The second-order valence-electron chi connectivity index (χ2n) is 4.57. The molecule has 0 unspecified atom stereocenters. The Morgan fingerprint density at radius 1 is 1.29 bits per heavy atom. The van der Waals surface area contributed by atoms with E-state index in [-0.39, 0.29) is 10.6 Å². The van der Waals surface area contributed by atoms with Crippen molar-refractivity contribution in [2.24, 2.45) is 0 Å². The van der Waals surface area contributed by atoms with E-state index in [2.05, 4.69) is 23.5 Å². The Bertz CT molecular complexity index is 545. The highest BCUT2D eigenvalue weighted by molar-refractivity contribution is 7.89. The van der Waals surface area contributed by atoms with Crippen LogP contribution in [0.15, 0.2) is 23.1 Å². The van der Waals surface area contributed by atoms with Crippen LogP contribution in [0, 0.1) is 0 Å². The van der Waals surface area contributed by atoms with E-state index in [1.165, 1.54) is 13.2 Å². The van der Waals surface area contributed by atoms with Gasteiger partial charge in [0.25, 0.3) is 0 Å². The molecule has 0 fully saturated rings. The lowest BCUT2D eigenvalue weighted by atomic mass is 10.3. The smallest absolute Gasteiger partial charge is 0.244 e. The molecule has 0 spiro atoms. The van der Waals surface area contributed by atoms with Gasteiger partial charge in [-0.05, 0) is 44.3 Å². The third-order valence-corrected chi connectivity index (χ3v) is 4.97. The molecule has 7 heteroatoms. The van der Waals surface area contributed by atoms with E-state index in [4.69, 9.17) is 16.3 Å². The normalized spacial score (nSPS) is 11.9. The molecular formula is C14H23ClN2O3S. The van der Waals surface area contributed by atoms with E-state index < -0.39 is 10.0 Å². The fourth-order valence-corrected chi connectivity index (χ4v) is 3.49. The van der Waals surface area contributed by atoms with Gasteiger partial charge >= 0.3 is 0 Å². The molecule has 5 nitrogen and oxygen atoms in total. The molecule has 0 saturated carbocycles.